The number of para-hydroxylation sites is 1. The lowest BCUT2D eigenvalue weighted by molar-refractivity contribution is 0.410. The lowest BCUT2D eigenvalue weighted by atomic mass is 10.2. The molecule has 1 aromatic heterocycles. The second-order valence-corrected chi connectivity index (χ2v) is 5.16. The van der Waals surface area contributed by atoms with Gasteiger partial charge in [0.1, 0.15) is 5.75 Å². The van der Waals surface area contributed by atoms with Crippen LogP contribution in [0.25, 0.3) is 10.9 Å². The number of halogens is 1. The maximum absolute atomic E-state index is 6.04. The zero-order chi connectivity index (χ0) is 14.7. The van der Waals surface area contributed by atoms with Crippen molar-refractivity contribution < 1.29 is 4.74 Å². The average molecular weight is 299 g/mol. The van der Waals surface area contributed by atoms with Crippen LogP contribution in [0.4, 0.5) is 5.69 Å². The van der Waals surface area contributed by atoms with Crippen molar-refractivity contribution in [3.63, 3.8) is 0 Å². The number of hydrogen-bond donors (Lipinski definition) is 1. The van der Waals surface area contributed by atoms with E-state index in [1.54, 1.807) is 7.11 Å². The Morgan fingerprint density at radius 1 is 1.14 bits per heavy atom. The second kappa shape index (κ2) is 6.02. The van der Waals surface area contributed by atoms with Crippen molar-refractivity contribution in [1.29, 1.82) is 0 Å². The minimum absolute atomic E-state index is 0.629. The quantitative estimate of drug-likeness (QED) is 0.769. The van der Waals surface area contributed by atoms with Crippen LogP contribution in [0.15, 0.2) is 54.7 Å². The van der Waals surface area contributed by atoms with Gasteiger partial charge in [-0.3, -0.25) is 4.98 Å². The molecule has 0 aliphatic carbocycles. The minimum atomic E-state index is 0.629. The van der Waals surface area contributed by atoms with Crippen LogP contribution in [-0.2, 0) is 6.54 Å². The van der Waals surface area contributed by atoms with Gasteiger partial charge in [0, 0.05) is 22.5 Å². The zero-order valence-corrected chi connectivity index (χ0v) is 12.4. The molecule has 106 valence electrons. The summed E-state index contributed by atoms with van der Waals surface area (Å²) in [6.07, 6.45) is 1.83. The number of rotatable bonds is 4. The Kier molecular flexibility index (Phi) is 3.93. The number of pyridine rings is 1. The van der Waals surface area contributed by atoms with E-state index in [2.05, 4.69) is 16.4 Å². The molecule has 0 saturated heterocycles. The van der Waals surface area contributed by atoms with Crippen LogP contribution in [-0.4, -0.2) is 12.1 Å². The summed E-state index contributed by atoms with van der Waals surface area (Å²) in [5.41, 5.74) is 2.97. The third-order valence-corrected chi connectivity index (χ3v) is 3.55. The molecule has 3 rings (SSSR count). The first-order valence-corrected chi connectivity index (χ1v) is 7.05. The van der Waals surface area contributed by atoms with E-state index in [1.165, 1.54) is 0 Å². The molecule has 0 aliphatic rings. The number of fused-ring (bicyclic) bond motifs is 1. The molecule has 0 spiro atoms. The average Bonchev–Trinajstić information content (AvgIpc) is 2.53. The number of anilines is 1. The number of nitrogens with zero attached hydrogens (tertiary/aromatic N) is 1. The van der Waals surface area contributed by atoms with Crippen LogP contribution in [0.5, 0.6) is 5.75 Å². The van der Waals surface area contributed by atoms with E-state index in [0.29, 0.717) is 11.6 Å². The molecule has 2 aromatic carbocycles. The monoisotopic (exact) mass is 298 g/mol. The Morgan fingerprint density at radius 3 is 2.86 bits per heavy atom. The van der Waals surface area contributed by atoms with Gasteiger partial charge in [0.05, 0.1) is 24.5 Å². The largest absolute Gasteiger partial charge is 0.496 e. The molecule has 0 saturated carbocycles. The molecule has 1 heterocycles. The number of aromatic nitrogens is 1. The summed E-state index contributed by atoms with van der Waals surface area (Å²) in [7, 11) is 1.66. The van der Waals surface area contributed by atoms with Gasteiger partial charge in [-0.05, 0) is 30.3 Å². The van der Waals surface area contributed by atoms with Crippen LogP contribution < -0.4 is 10.1 Å². The van der Waals surface area contributed by atoms with Gasteiger partial charge < -0.3 is 10.1 Å². The maximum Gasteiger partial charge on any atom is 0.123 e. The van der Waals surface area contributed by atoms with Gasteiger partial charge in [0.15, 0.2) is 0 Å². The smallest absolute Gasteiger partial charge is 0.123 e. The van der Waals surface area contributed by atoms with Crippen LogP contribution >= 0.6 is 11.6 Å². The Hall–Kier alpha value is -2.26. The van der Waals surface area contributed by atoms with Crippen molar-refractivity contribution in [1.82, 2.24) is 4.98 Å². The van der Waals surface area contributed by atoms with Crippen LogP contribution in [0.3, 0.4) is 0 Å². The molecular weight excluding hydrogens is 284 g/mol. The van der Waals surface area contributed by atoms with Gasteiger partial charge in [-0.25, -0.2) is 0 Å². The summed E-state index contributed by atoms with van der Waals surface area (Å²) in [5.74, 6) is 0.820. The van der Waals surface area contributed by atoms with Crippen molar-refractivity contribution in [3.8, 4) is 5.75 Å². The van der Waals surface area contributed by atoms with Crippen LogP contribution in [0, 0.1) is 0 Å². The highest BCUT2D eigenvalue weighted by molar-refractivity contribution is 6.30. The van der Waals surface area contributed by atoms with Crippen LogP contribution in [0.1, 0.15) is 5.56 Å². The van der Waals surface area contributed by atoms with Crippen LogP contribution in [0.2, 0.25) is 5.02 Å². The third kappa shape index (κ3) is 3.09. The molecule has 0 bridgehead atoms. The van der Waals surface area contributed by atoms with Gasteiger partial charge in [-0.15, -0.1) is 0 Å². The summed E-state index contributed by atoms with van der Waals surface area (Å²) in [5, 5.41) is 5.16. The molecule has 1 N–H and O–H groups in total. The Balaban J connectivity index is 1.81. The van der Waals surface area contributed by atoms with E-state index in [1.807, 2.05) is 48.7 Å². The molecule has 0 fully saturated rings. The fourth-order valence-electron chi connectivity index (χ4n) is 2.25. The highest BCUT2D eigenvalue weighted by Gasteiger charge is 2.04. The number of nitrogens with one attached hydrogen (secondary N) is 1. The first kappa shape index (κ1) is 13.7. The fourth-order valence-corrected chi connectivity index (χ4v) is 2.45. The lowest BCUT2D eigenvalue weighted by Crippen LogP contribution is -2.02. The van der Waals surface area contributed by atoms with Crippen molar-refractivity contribution in [3.05, 3.63) is 65.3 Å². The molecule has 4 heteroatoms. The highest BCUT2D eigenvalue weighted by Crippen LogP contribution is 2.24. The Bertz CT molecular complexity index is 774. The first-order valence-electron chi connectivity index (χ1n) is 6.67. The van der Waals surface area contributed by atoms with Gasteiger partial charge in [-0.2, -0.15) is 0 Å². The third-order valence-electron chi connectivity index (χ3n) is 3.32. The standard InChI is InChI=1S/C17H15ClN2O/c1-21-17-7-6-14(18)8-13(17)10-19-15-9-12-4-2-3-5-16(12)20-11-15/h2-9,11,19H,10H2,1H3. The SMILES string of the molecule is COc1ccc(Cl)cc1CNc1cnc2ccccc2c1. The predicted molar refractivity (Wildman–Crippen MR) is 87.1 cm³/mol. The Morgan fingerprint density at radius 2 is 2.00 bits per heavy atom. The number of hydrogen-bond acceptors (Lipinski definition) is 3. The van der Waals surface area contributed by atoms with E-state index < -0.39 is 0 Å². The van der Waals surface area contributed by atoms with E-state index in [4.69, 9.17) is 16.3 Å². The topological polar surface area (TPSA) is 34.1 Å². The number of benzene rings is 2. The summed E-state index contributed by atoms with van der Waals surface area (Å²) >= 11 is 6.04. The zero-order valence-electron chi connectivity index (χ0n) is 11.6. The van der Waals surface area contributed by atoms with E-state index in [-0.39, 0.29) is 0 Å². The fraction of sp³-hybridized carbons (Fsp3) is 0.118. The number of ether oxygens (including phenoxy) is 1. The van der Waals surface area contributed by atoms with E-state index in [0.717, 1.165) is 27.9 Å². The molecule has 0 unspecified atom stereocenters. The summed E-state index contributed by atoms with van der Waals surface area (Å²) < 4.78 is 5.34. The van der Waals surface area contributed by atoms with Crippen molar-refractivity contribution in [2.24, 2.45) is 0 Å². The molecule has 0 amide bonds. The predicted octanol–water partition coefficient (Wildman–Crippen LogP) is 4.51. The highest BCUT2D eigenvalue weighted by atomic mass is 35.5. The first-order chi connectivity index (χ1) is 10.3. The molecule has 0 aliphatic heterocycles. The van der Waals surface area contributed by atoms with Crippen molar-refractivity contribution in [2.75, 3.05) is 12.4 Å². The van der Waals surface area contributed by atoms with E-state index in [9.17, 15) is 0 Å². The number of methoxy groups -OCH3 is 1. The molecule has 21 heavy (non-hydrogen) atoms. The molecule has 3 nitrogen and oxygen atoms in total. The van der Waals surface area contributed by atoms with Crippen molar-refractivity contribution >= 4 is 28.2 Å². The maximum atomic E-state index is 6.04. The van der Waals surface area contributed by atoms with Gasteiger partial charge in [0.2, 0.25) is 0 Å². The summed E-state index contributed by atoms with van der Waals surface area (Å²) in [6, 6.07) is 15.7. The molecule has 0 atom stereocenters. The van der Waals surface area contributed by atoms with Gasteiger partial charge in [0.25, 0.3) is 0 Å². The van der Waals surface area contributed by atoms with Crippen molar-refractivity contribution in [2.45, 2.75) is 6.54 Å². The summed E-state index contributed by atoms with van der Waals surface area (Å²) in [4.78, 5) is 4.43. The summed E-state index contributed by atoms with van der Waals surface area (Å²) in [6.45, 7) is 0.629. The minimum Gasteiger partial charge on any atom is -0.496 e. The lowest BCUT2D eigenvalue weighted by Gasteiger charge is -2.11. The second-order valence-electron chi connectivity index (χ2n) is 4.73. The van der Waals surface area contributed by atoms with Gasteiger partial charge >= 0.3 is 0 Å². The molecule has 0 radical (unpaired) electrons. The normalized spacial score (nSPS) is 10.6. The van der Waals surface area contributed by atoms with E-state index >= 15 is 0 Å². The molecule has 3 aromatic rings. The van der Waals surface area contributed by atoms with Gasteiger partial charge in [-0.1, -0.05) is 29.8 Å². The Labute approximate surface area is 128 Å². The molecular formula is C17H15ClN2O.